The fourth-order valence-corrected chi connectivity index (χ4v) is 4.35. The van der Waals surface area contributed by atoms with Gasteiger partial charge in [-0.25, -0.2) is 0 Å². The van der Waals surface area contributed by atoms with Gasteiger partial charge in [-0.15, -0.1) is 0 Å². The van der Waals surface area contributed by atoms with Crippen LogP contribution in [-0.4, -0.2) is 21.4 Å². The van der Waals surface area contributed by atoms with Crippen LogP contribution in [0.3, 0.4) is 0 Å². The van der Waals surface area contributed by atoms with E-state index < -0.39 is 0 Å². The third-order valence-corrected chi connectivity index (χ3v) is 5.77. The minimum absolute atomic E-state index is 0.200. The van der Waals surface area contributed by atoms with E-state index in [-0.39, 0.29) is 6.04 Å². The Morgan fingerprint density at radius 3 is 2.75 bits per heavy atom. The van der Waals surface area contributed by atoms with Crippen LogP contribution in [0.15, 0.2) is 29.5 Å². The zero-order valence-corrected chi connectivity index (χ0v) is 13.1. The molecule has 2 fully saturated rings. The molecule has 0 radical (unpaired) electrons. The molecule has 3 rings (SSSR count). The maximum atomic E-state index is 4.86. The molecular formula is C16H23N3S. The number of pyridine rings is 1. The van der Waals surface area contributed by atoms with Crippen molar-refractivity contribution in [3.05, 3.63) is 30.1 Å². The van der Waals surface area contributed by atoms with Gasteiger partial charge >= 0.3 is 0 Å². The Labute approximate surface area is 125 Å². The molecule has 20 heavy (non-hydrogen) atoms. The maximum Gasteiger partial charge on any atom is 0.157 e. The zero-order valence-electron chi connectivity index (χ0n) is 12.3. The smallest absolute Gasteiger partial charge is 0.157 e. The molecule has 1 spiro atoms. The lowest BCUT2D eigenvalue weighted by Gasteiger charge is -2.35. The van der Waals surface area contributed by atoms with Gasteiger partial charge < -0.3 is 5.32 Å². The largest absolute Gasteiger partial charge is 0.359 e. The van der Waals surface area contributed by atoms with Crippen molar-refractivity contribution in [1.82, 2.24) is 10.3 Å². The van der Waals surface area contributed by atoms with Gasteiger partial charge in [0.2, 0.25) is 0 Å². The van der Waals surface area contributed by atoms with Crippen LogP contribution in [0.5, 0.6) is 0 Å². The summed E-state index contributed by atoms with van der Waals surface area (Å²) in [7, 11) is 0. The molecule has 1 aliphatic heterocycles. The molecule has 4 heteroatoms. The number of nitrogens with one attached hydrogen (secondary N) is 1. The van der Waals surface area contributed by atoms with Gasteiger partial charge in [-0.1, -0.05) is 18.7 Å². The zero-order chi connectivity index (χ0) is 14.0. The second kappa shape index (κ2) is 5.76. The molecule has 1 unspecified atom stereocenters. The molecule has 1 N–H and O–H groups in total. The maximum absolute atomic E-state index is 4.86. The monoisotopic (exact) mass is 289 g/mol. The highest BCUT2D eigenvalue weighted by Gasteiger charge is 2.39. The number of aliphatic imine (C=N–C) groups is 1. The van der Waals surface area contributed by atoms with Crippen molar-refractivity contribution in [2.24, 2.45) is 10.9 Å². The number of hydrogen-bond acceptors (Lipinski definition) is 3. The molecule has 108 valence electrons. The van der Waals surface area contributed by atoms with Crippen LogP contribution in [0.25, 0.3) is 0 Å². The number of thioether (sulfide) groups is 1. The summed E-state index contributed by atoms with van der Waals surface area (Å²) < 4.78 is 0. The van der Waals surface area contributed by atoms with E-state index in [1.807, 2.05) is 36.3 Å². The molecule has 1 aliphatic carbocycles. The summed E-state index contributed by atoms with van der Waals surface area (Å²) in [6, 6.07) is 4.30. The molecule has 0 aromatic carbocycles. The summed E-state index contributed by atoms with van der Waals surface area (Å²) >= 11 is 1.90. The fraction of sp³-hybridized carbons (Fsp3) is 0.625. The van der Waals surface area contributed by atoms with Crippen LogP contribution >= 0.6 is 11.8 Å². The van der Waals surface area contributed by atoms with E-state index in [0.717, 1.165) is 11.1 Å². The van der Waals surface area contributed by atoms with Gasteiger partial charge in [0.1, 0.15) is 0 Å². The van der Waals surface area contributed by atoms with Crippen molar-refractivity contribution in [3.8, 4) is 0 Å². The molecule has 1 atom stereocenters. The number of amidine groups is 1. The Hall–Kier alpha value is -1.03. The average molecular weight is 289 g/mol. The molecule has 1 aromatic rings. The van der Waals surface area contributed by atoms with Gasteiger partial charge in [-0.05, 0) is 56.2 Å². The van der Waals surface area contributed by atoms with E-state index in [4.69, 9.17) is 4.99 Å². The SMILES string of the molecule is CC1CCC2(CC1)CSC(=NC(C)c1ccncc1)N2. The van der Waals surface area contributed by atoms with Crippen LogP contribution in [0, 0.1) is 5.92 Å². The van der Waals surface area contributed by atoms with Gasteiger partial charge in [0.15, 0.2) is 5.17 Å². The van der Waals surface area contributed by atoms with E-state index in [2.05, 4.69) is 24.1 Å². The van der Waals surface area contributed by atoms with Crippen LogP contribution in [-0.2, 0) is 0 Å². The summed E-state index contributed by atoms with van der Waals surface area (Å²) in [6.07, 6.45) is 8.96. The molecule has 3 nitrogen and oxygen atoms in total. The van der Waals surface area contributed by atoms with Crippen molar-refractivity contribution < 1.29 is 0 Å². The van der Waals surface area contributed by atoms with Crippen LogP contribution < -0.4 is 5.32 Å². The summed E-state index contributed by atoms with van der Waals surface area (Å²) in [6.45, 7) is 4.52. The first-order chi connectivity index (χ1) is 9.67. The van der Waals surface area contributed by atoms with E-state index in [1.165, 1.54) is 37.0 Å². The highest BCUT2D eigenvalue weighted by atomic mass is 32.2. The van der Waals surface area contributed by atoms with Crippen molar-refractivity contribution >= 4 is 16.9 Å². The minimum Gasteiger partial charge on any atom is -0.359 e. The first-order valence-electron chi connectivity index (χ1n) is 7.56. The summed E-state index contributed by atoms with van der Waals surface area (Å²) in [4.78, 5) is 8.92. The topological polar surface area (TPSA) is 37.3 Å². The van der Waals surface area contributed by atoms with E-state index >= 15 is 0 Å². The summed E-state index contributed by atoms with van der Waals surface area (Å²) in [5.41, 5.74) is 1.56. The molecular weight excluding hydrogens is 266 g/mol. The van der Waals surface area contributed by atoms with Crippen LogP contribution in [0.4, 0.5) is 0 Å². The third kappa shape index (κ3) is 3.00. The quantitative estimate of drug-likeness (QED) is 0.900. The first-order valence-corrected chi connectivity index (χ1v) is 8.54. The molecule has 2 aliphatic rings. The lowest BCUT2D eigenvalue weighted by molar-refractivity contribution is 0.250. The highest BCUT2D eigenvalue weighted by molar-refractivity contribution is 8.14. The lowest BCUT2D eigenvalue weighted by Crippen LogP contribution is -2.46. The number of aromatic nitrogens is 1. The standard InChI is InChI=1S/C16H23N3S/c1-12-3-7-16(8-4-12)11-20-15(19-16)18-13(2)14-5-9-17-10-6-14/h5-6,9-10,12-13H,3-4,7-8,11H2,1-2H3,(H,18,19). The molecule has 0 amide bonds. The van der Waals surface area contributed by atoms with E-state index in [1.54, 1.807) is 0 Å². The van der Waals surface area contributed by atoms with E-state index in [9.17, 15) is 0 Å². The fourth-order valence-electron chi connectivity index (χ4n) is 3.05. The molecule has 2 heterocycles. The molecule has 0 bridgehead atoms. The number of rotatable bonds is 2. The Balaban J connectivity index is 1.66. The second-order valence-electron chi connectivity index (χ2n) is 6.27. The van der Waals surface area contributed by atoms with Gasteiger partial charge in [0, 0.05) is 23.7 Å². The Kier molecular flexibility index (Phi) is 4.01. The van der Waals surface area contributed by atoms with Crippen molar-refractivity contribution in [1.29, 1.82) is 0 Å². The Morgan fingerprint density at radius 2 is 2.05 bits per heavy atom. The second-order valence-corrected chi connectivity index (χ2v) is 7.23. The van der Waals surface area contributed by atoms with Crippen LogP contribution in [0.1, 0.15) is 51.1 Å². The van der Waals surface area contributed by atoms with Gasteiger partial charge in [-0.3, -0.25) is 9.98 Å². The number of hydrogen-bond donors (Lipinski definition) is 1. The minimum atomic E-state index is 0.200. The Bertz CT molecular complexity index is 478. The van der Waals surface area contributed by atoms with E-state index in [0.29, 0.717) is 5.54 Å². The molecule has 1 saturated heterocycles. The lowest BCUT2D eigenvalue weighted by atomic mass is 9.78. The van der Waals surface area contributed by atoms with Crippen molar-refractivity contribution in [3.63, 3.8) is 0 Å². The first kappa shape index (κ1) is 13.9. The van der Waals surface area contributed by atoms with Crippen molar-refractivity contribution in [2.75, 3.05) is 5.75 Å². The Morgan fingerprint density at radius 1 is 1.35 bits per heavy atom. The average Bonchev–Trinajstić information content (AvgIpc) is 2.86. The molecule has 1 saturated carbocycles. The van der Waals surface area contributed by atoms with Gasteiger partial charge in [0.25, 0.3) is 0 Å². The predicted molar refractivity (Wildman–Crippen MR) is 86.0 cm³/mol. The third-order valence-electron chi connectivity index (χ3n) is 4.59. The van der Waals surface area contributed by atoms with Gasteiger partial charge in [-0.2, -0.15) is 0 Å². The van der Waals surface area contributed by atoms with Crippen molar-refractivity contribution in [2.45, 2.75) is 51.1 Å². The number of nitrogens with zero attached hydrogens (tertiary/aromatic N) is 2. The molecule has 1 aromatic heterocycles. The predicted octanol–water partition coefficient (Wildman–Crippen LogP) is 3.78. The highest BCUT2D eigenvalue weighted by Crippen LogP contribution is 2.38. The normalized spacial score (nSPS) is 33.3. The summed E-state index contributed by atoms with van der Waals surface area (Å²) in [5, 5.41) is 4.85. The summed E-state index contributed by atoms with van der Waals surface area (Å²) in [5.74, 6) is 2.07. The van der Waals surface area contributed by atoms with Crippen LogP contribution in [0.2, 0.25) is 0 Å². The van der Waals surface area contributed by atoms with Gasteiger partial charge in [0.05, 0.1) is 6.04 Å².